The molecule has 0 N–H and O–H groups in total. The fraction of sp³-hybridized carbons (Fsp3) is 0.600. The molecule has 0 aliphatic rings. The highest BCUT2D eigenvalue weighted by molar-refractivity contribution is 5.72. The summed E-state index contributed by atoms with van der Waals surface area (Å²) in [7, 11) is 0. The van der Waals surface area contributed by atoms with Gasteiger partial charge in [0.1, 0.15) is 0 Å². The second-order valence-electron chi connectivity index (χ2n) is 6.39. The lowest BCUT2D eigenvalue weighted by Crippen LogP contribution is -2.10. The van der Waals surface area contributed by atoms with Crippen molar-refractivity contribution >= 4 is 17.6 Å². The highest BCUT2D eigenvalue weighted by Gasteiger charge is 2.09. The van der Waals surface area contributed by atoms with Gasteiger partial charge in [-0.05, 0) is 18.4 Å². The average molecular weight is 379 g/mol. The number of ether oxygens (including phenoxy) is 2. The van der Waals surface area contributed by atoms with Gasteiger partial charge in [0.05, 0.1) is 18.1 Å². The summed E-state index contributed by atoms with van der Waals surface area (Å²) in [5.74, 6) is -0.664. The molecule has 0 radical (unpaired) electrons. The number of nitrogens with zero attached hydrogens (tertiary/aromatic N) is 1. The van der Waals surface area contributed by atoms with Gasteiger partial charge in [-0.15, -0.1) is 0 Å². The van der Waals surface area contributed by atoms with Gasteiger partial charge in [0, 0.05) is 31.4 Å². The van der Waals surface area contributed by atoms with Crippen LogP contribution in [-0.2, 0) is 25.5 Å². The molecule has 0 saturated carbocycles. The van der Waals surface area contributed by atoms with Crippen molar-refractivity contribution in [3.05, 3.63) is 39.9 Å². The molecule has 0 fully saturated rings. The van der Waals surface area contributed by atoms with E-state index in [9.17, 15) is 19.7 Å². The van der Waals surface area contributed by atoms with Crippen LogP contribution in [0.15, 0.2) is 24.3 Å². The first-order valence-electron chi connectivity index (χ1n) is 9.57. The van der Waals surface area contributed by atoms with Crippen molar-refractivity contribution in [3.8, 4) is 0 Å². The maximum Gasteiger partial charge on any atom is 0.305 e. The Morgan fingerprint density at radius 2 is 1.63 bits per heavy atom. The van der Waals surface area contributed by atoms with Crippen molar-refractivity contribution in [2.75, 3.05) is 13.2 Å². The molecule has 0 aliphatic carbocycles. The summed E-state index contributed by atoms with van der Waals surface area (Å²) in [6, 6.07) is 6.23. The minimum atomic E-state index is -0.459. The third-order valence-electron chi connectivity index (χ3n) is 4.05. The number of hydrogen-bond donors (Lipinski definition) is 0. The Morgan fingerprint density at radius 3 is 2.30 bits per heavy atom. The lowest BCUT2D eigenvalue weighted by atomic mass is 10.1. The van der Waals surface area contributed by atoms with Crippen molar-refractivity contribution in [2.24, 2.45) is 0 Å². The monoisotopic (exact) mass is 379 g/mol. The van der Waals surface area contributed by atoms with E-state index in [0.717, 1.165) is 24.8 Å². The lowest BCUT2D eigenvalue weighted by molar-refractivity contribution is -0.384. The molecule has 0 bridgehead atoms. The van der Waals surface area contributed by atoms with Gasteiger partial charge in [-0.3, -0.25) is 19.7 Å². The van der Waals surface area contributed by atoms with E-state index in [1.807, 2.05) is 0 Å². The Hall–Kier alpha value is -2.44. The molecule has 27 heavy (non-hydrogen) atoms. The predicted octanol–water partition coefficient (Wildman–Crippen LogP) is 4.36. The molecule has 0 saturated heterocycles. The number of non-ortho nitro benzene ring substituents is 1. The molecule has 0 unspecified atom stereocenters. The van der Waals surface area contributed by atoms with Crippen LogP contribution in [0, 0.1) is 10.1 Å². The summed E-state index contributed by atoms with van der Waals surface area (Å²) in [4.78, 5) is 33.5. The molecule has 1 aromatic rings. The van der Waals surface area contributed by atoms with E-state index >= 15 is 0 Å². The van der Waals surface area contributed by atoms with E-state index in [2.05, 4.69) is 6.92 Å². The van der Waals surface area contributed by atoms with Gasteiger partial charge in [-0.2, -0.15) is 0 Å². The minimum Gasteiger partial charge on any atom is -0.466 e. The zero-order valence-corrected chi connectivity index (χ0v) is 16.0. The second kappa shape index (κ2) is 13.7. The van der Waals surface area contributed by atoms with Gasteiger partial charge in [0.15, 0.2) is 0 Å². The Labute approximate surface area is 160 Å². The van der Waals surface area contributed by atoms with Crippen molar-refractivity contribution in [3.63, 3.8) is 0 Å². The first kappa shape index (κ1) is 22.6. The molecule has 0 spiro atoms. The van der Waals surface area contributed by atoms with Crippen LogP contribution in [-0.4, -0.2) is 30.1 Å². The molecule has 1 aromatic carbocycles. The van der Waals surface area contributed by atoms with Crippen LogP contribution in [0.5, 0.6) is 0 Å². The number of nitro groups is 1. The third-order valence-corrected chi connectivity index (χ3v) is 4.05. The zero-order valence-electron chi connectivity index (χ0n) is 16.0. The highest BCUT2D eigenvalue weighted by Crippen LogP contribution is 2.13. The molecule has 7 heteroatoms. The number of carbonyl (C=O) groups excluding carboxylic acids is 2. The Bertz CT molecular complexity index is 602. The average Bonchev–Trinajstić information content (AvgIpc) is 2.65. The number of esters is 2. The van der Waals surface area contributed by atoms with Crippen LogP contribution < -0.4 is 0 Å². The van der Waals surface area contributed by atoms with Gasteiger partial charge in [0.2, 0.25) is 0 Å². The molecule has 0 atom stereocenters. The number of hydrogen-bond acceptors (Lipinski definition) is 6. The summed E-state index contributed by atoms with van der Waals surface area (Å²) in [5, 5.41) is 10.7. The maximum atomic E-state index is 11.7. The second-order valence-corrected chi connectivity index (χ2v) is 6.39. The number of unbranched alkanes of at least 4 members (excludes halogenated alkanes) is 4. The molecule has 0 aromatic heterocycles. The highest BCUT2D eigenvalue weighted by atomic mass is 16.6. The summed E-state index contributed by atoms with van der Waals surface area (Å²) in [6.07, 6.45) is 6.66. The first-order valence-corrected chi connectivity index (χ1v) is 9.57. The van der Waals surface area contributed by atoms with Crippen molar-refractivity contribution in [2.45, 2.75) is 64.7 Å². The van der Waals surface area contributed by atoms with Crippen LogP contribution >= 0.6 is 0 Å². The van der Waals surface area contributed by atoms with E-state index in [1.54, 1.807) is 12.1 Å². The molecule has 1 rings (SSSR count). The number of carbonyl (C=O) groups is 2. The Balaban J connectivity index is 2.07. The zero-order chi connectivity index (χ0) is 19.9. The normalized spacial score (nSPS) is 10.4. The summed E-state index contributed by atoms with van der Waals surface area (Å²) < 4.78 is 10.2. The van der Waals surface area contributed by atoms with Crippen LogP contribution in [0.2, 0.25) is 0 Å². The fourth-order valence-electron chi connectivity index (χ4n) is 2.52. The maximum absolute atomic E-state index is 11.7. The molecule has 0 aliphatic heterocycles. The number of nitro benzene ring substituents is 1. The van der Waals surface area contributed by atoms with E-state index in [4.69, 9.17) is 9.47 Å². The smallest absolute Gasteiger partial charge is 0.305 e. The van der Waals surface area contributed by atoms with Crippen LogP contribution in [0.3, 0.4) is 0 Å². The number of benzene rings is 1. The molecule has 150 valence electrons. The third kappa shape index (κ3) is 11.0. The summed E-state index contributed by atoms with van der Waals surface area (Å²) in [6.45, 7) is 2.75. The van der Waals surface area contributed by atoms with Gasteiger partial charge in [0.25, 0.3) is 5.69 Å². The Kier molecular flexibility index (Phi) is 11.5. The van der Waals surface area contributed by atoms with Crippen LogP contribution in [0.4, 0.5) is 5.69 Å². The number of rotatable bonds is 14. The van der Waals surface area contributed by atoms with Crippen molar-refractivity contribution in [1.82, 2.24) is 0 Å². The quantitative estimate of drug-likeness (QED) is 0.206. The van der Waals surface area contributed by atoms with E-state index < -0.39 is 4.92 Å². The SMILES string of the molecule is CCCCCCCOC(=O)CCCC(=O)OCCc1cccc([N+](=O)[O-])c1. The topological polar surface area (TPSA) is 95.7 Å². The molecule has 7 nitrogen and oxygen atoms in total. The van der Waals surface area contributed by atoms with Gasteiger partial charge in [-0.1, -0.05) is 44.7 Å². The van der Waals surface area contributed by atoms with Crippen LogP contribution in [0.1, 0.15) is 63.9 Å². The fourth-order valence-corrected chi connectivity index (χ4v) is 2.52. The van der Waals surface area contributed by atoms with E-state index in [-0.39, 0.29) is 37.1 Å². The standard InChI is InChI=1S/C20H29NO6/c1-2-3-4-5-6-14-26-19(22)11-8-12-20(23)27-15-13-17-9-7-10-18(16-17)21(24)25/h7,9-10,16H,2-6,8,11-15H2,1H3. The first-order chi connectivity index (χ1) is 13.0. The van der Waals surface area contributed by atoms with Gasteiger partial charge >= 0.3 is 11.9 Å². The summed E-state index contributed by atoms with van der Waals surface area (Å²) >= 11 is 0. The van der Waals surface area contributed by atoms with Crippen molar-refractivity contribution in [1.29, 1.82) is 0 Å². The van der Waals surface area contributed by atoms with Crippen LogP contribution in [0.25, 0.3) is 0 Å². The molecular formula is C20H29NO6. The van der Waals surface area contributed by atoms with E-state index in [1.165, 1.54) is 25.0 Å². The predicted molar refractivity (Wildman–Crippen MR) is 101 cm³/mol. The van der Waals surface area contributed by atoms with Gasteiger partial charge in [-0.25, -0.2) is 0 Å². The van der Waals surface area contributed by atoms with Gasteiger partial charge < -0.3 is 9.47 Å². The van der Waals surface area contributed by atoms with Crippen molar-refractivity contribution < 1.29 is 24.0 Å². The molecule has 0 amide bonds. The summed E-state index contributed by atoms with van der Waals surface area (Å²) in [5.41, 5.74) is 0.752. The lowest BCUT2D eigenvalue weighted by Gasteiger charge is -2.06. The van der Waals surface area contributed by atoms with E-state index in [0.29, 0.717) is 19.4 Å². The Morgan fingerprint density at radius 1 is 0.963 bits per heavy atom. The molecule has 0 heterocycles. The molecular weight excluding hydrogens is 350 g/mol. The largest absolute Gasteiger partial charge is 0.466 e. The minimum absolute atomic E-state index is 0.0164.